The van der Waals surface area contributed by atoms with Crippen molar-refractivity contribution in [3.8, 4) is 0 Å². The molecule has 2 aromatic carbocycles. The fourth-order valence-corrected chi connectivity index (χ4v) is 13.8. The molecule has 2 saturated heterocycles. The summed E-state index contributed by atoms with van der Waals surface area (Å²) < 4.78 is 120. The number of amides is 12. The van der Waals surface area contributed by atoms with Gasteiger partial charge in [0.2, 0.25) is 70.9 Å². The summed E-state index contributed by atoms with van der Waals surface area (Å²) in [6.45, 7) is 7.89. The molecule has 2 bridgehead atoms. The topological polar surface area (TPSA) is 279 Å². The summed E-state index contributed by atoms with van der Waals surface area (Å²) in [5.74, 6) is -15.5. The molecule has 0 radical (unpaired) electrons. The number of rotatable bonds is 13. The zero-order valence-electron chi connectivity index (χ0n) is 62.1. The van der Waals surface area contributed by atoms with Gasteiger partial charge in [0.05, 0.1) is 31.2 Å². The Labute approximate surface area is 607 Å². The first-order chi connectivity index (χ1) is 49.1. The standard InChI is InChI=1S/C72H100F8N12O13/c1-15-41(5)59-67(102)86(10)40-57(95)88(12)51-23-20-19-21-32-91(66(51)101)54(35-43-24-27-45(28-25-43)71(75,76)77)65(100)85(9)39-55(93)81-49(29-26-44-33-47(73)58(48(74)34-44)72(78,79)80)63(98)92-38-46(105-18-4)36-52(92)62(97)83-70(30-22-31-70)69(104)90(14)60(42(6)16-2)68(103)89(13)53(64(99)84(7)8)37-56(94)87(11)50(17-3)61(96)82-59/h19-20,24-25,27-28,33-34,41-42,46,49-54,59-60H,15-18,21-23,26,29-32,35-40H2,1-14H3,(H,81,93)(H,82,96)(H,83,97)/b20-19-/t41-,42-,46+,49-,50-,51-,52-,53-,54-,59-,60-/m0/s1. The van der Waals surface area contributed by atoms with E-state index in [0.717, 1.165) is 75.4 Å². The van der Waals surface area contributed by atoms with E-state index in [1.807, 2.05) is 0 Å². The SMILES string of the molecule is CCO[C@@H]1C[C@H]2C(=O)NC3(CCC3)C(=O)N(C)[C@@H]([C@@H](C)CC)C(=O)N(C)[C@H](C(=O)N(C)C)CC(=O)N(C)[C@@H](CC)C(=O)N[C@@H]([C@@H](C)CC)C(=O)N(C)CC(=O)N(C)[C@H]3C/C=C\CCN(C3=O)[C@@H](Cc3ccc(C(F)(F)F)cc3)C(=O)N(C)CC(=O)N[C@@H](CCc3cc(F)c(C(F)(F)F)c(F)c3)C(=O)N2C1. The predicted octanol–water partition coefficient (Wildman–Crippen LogP) is 4.96. The second kappa shape index (κ2) is 36.0. The van der Waals surface area contributed by atoms with Gasteiger partial charge in [0, 0.05) is 88.9 Å². The van der Waals surface area contributed by atoms with E-state index in [4.69, 9.17) is 4.74 Å². The van der Waals surface area contributed by atoms with Crippen LogP contribution in [0.25, 0.3) is 0 Å². The van der Waals surface area contributed by atoms with Crippen LogP contribution in [-0.4, -0.2) is 264 Å². The lowest BCUT2D eigenvalue weighted by atomic mass is 9.74. The maximum absolute atomic E-state index is 15.4. The van der Waals surface area contributed by atoms with E-state index in [1.54, 1.807) is 53.7 Å². The second-order valence-electron chi connectivity index (χ2n) is 28.1. The monoisotopic (exact) mass is 1490 g/mol. The maximum Gasteiger partial charge on any atom is 0.422 e. The van der Waals surface area contributed by atoms with Gasteiger partial charge in [0.25, 0.3) is 0 Å². The summed E-state index contributed by atoms with van der Waals surface area (Å²) in [6, 6.07) is -7.45. The Hall–Kier alpha value is -8.78. The van der Waals surface area contributed by atoms with Gasteiger partial charge in [0.1, 0.15) is 71.1 Å². The van der Waals surface area contributed by atoms with Crippen molar-refractivity contribution in [1.29, 1.82) is 0 Å². The van der Waals surface area contributed by atoms with Crippen LogP contribution in [0.4, 0.5) is 35.1 Å². The molecule has 105 heavy (non-hydrogen) atoms. The number of benzene rings is 2. The summed E-state index contributed by atoms with van der Waals surface area (Å²) in [7, 11) is 10.5. The van der Waals surface area contributed by atoms with Crippen molar-refractivity contribution in [3.05, 3.63) is 82.4 Å². The number of hydrogen-bond donors (Lipinski definition) is 3. The van der Waals surface area contributed by atoms with Crippen LogP contribution in [0.3, 0.4) is 0 Å². The highest BCUT2D eigenvalue weighted by Crippen LogP contribution is 2.38. The van der Waals surface area contributed by atoms with Gasteiger partial charge < -0.3 is 64.8 Å². The van der Waals surface area contributed by atoms with Crippen LogP contribution in [0.5, 0.6) is 0 Å². The Bertz CT molecular complexity index is 3530. The third-order valence-electron chi connectivity index (χ3n) is 20.7. The van der Waals surface area contributed by atoms with Crippen LogP contribution in [0.2, 0.25) is 0 Å². The Morgan fingerprint density at radius 3 is 1.81 bits per heavy atom. The number of hydrogen-bond acceptors (Lipinski definition) is 13. The number of ether oxygens (including phenoxy) is 1. The molecule has 11 atom stereocenters. The number of likely N-dealkylation sites (N-methyl/N-ethyl adjacent to an activating group) is 7. The smallest absolute Gasteiger partial charge is 0.377 e. The number of nitrogens with one attached hydrogen (secondary N) is 3. The van der Waals surface area contributed by atoms with E-state index in [-0.39, 0.29) is 70.2 Å². The largest absolute Gasteiger partial charge is 0.422 e. The number of fused-ring (bicyclic) bond motifs is 3. The highest BCUT2D eigenvalue weighted by molar-refractivity contribution is 6.01. The van der Waals surface area contributed by atoms with Crippen LogP contribution in [-0.2, 0) is 87.5 Å². The lowest BCUT2D eigenvalue weighted by molar-refractivity contribution is -0.157. The molecular formula is C72H100F8N12O13. The number of halogens is 8. The normalized spacial score (nSPS) is 25.8. The van der Waals surface area contributed by atoms with Gasteiger partial charge in [-0.2, -0.15) is 26.3 Å². The number of carbonyl (C=O) groups is 12. The van der Waals surface area contributed by atoms with E-state index in [0.29, 0.717) is 25.0 Å². The molecule has 1 saturated carbocycles. The second-order valence-corrected chi connectivity index (χ2v) is 28.1. The first-order valence-electron chi connectivity index (χ1n) is 35.4. The van der Waals surface area contributed by atoms with Crippen LogP contribution in [0, 0.1) is 23.5 Å². The van der Waals surface area contributed by atoms with Crippen molar-refractivity contribution in [3.63, 3.8) is 0 Å². The van der Waals surface area contributed by atoms with E-state index in [2.05, 4.69) is 16.0 Å². The molecule has 0 aromatic heterocycles. The first kappa shape index (κ1) is 85.2. The van der Waals surface area contributed by atoms with Gasteiger partial charge in [-0.25, -0.2) is 8.78 Å². The van der Waals surface area contributed by atoms with Gasteiger partial charge in [-0.15, -0.1) is 0 Å². The number of carbonyl (C=O) groups excluding carboxylic acids is 12. The number of aryl methyl sites for hydroxylation is 1. The zero-order chi connectivity index (χ0) is 78.7. The summed E-state index contributed by atoms with van der Waals surface area (Å²) in [5, 5.41) is 8.14. The Morgan fingerprint density at radius 1 is 0.657 bits per heavy atom. The number of alkyl halides is 6. The average molecular weight is 1490 g/mol. The number of nitrogens with zero attached hydrogens (tertiary/aromatic N) is 9. The lowest BCUT2D eigenvalue weighted by Gasteiger charge is -2.46. The molecule has 3 fully saturated rings. The van der Waals surface area contributed by atoms with Gasteiger partial charge >= 0.3 is 12.4 Å². The molecule has 2 aromatic rings. The van der Waals surface area contributed by atoms with E-state index >= 15 is 37.5 Å². The summed E-state index contributed by atoms with van der Waals surface area (Å²) >= 11 is 0. The highest BCUT2D eigenvalue weighted by Gasteiger charge is 2.53. The minimum absolute atomic E-state index is 0.0169. The third kappa shape index (κ3) is 20.2. The third-order valence-corrected chi connectivity index (χ3v) is 20.7. The van der Waals surface area contributed by atoms with Crippen molar-refractivity contribution < 1.29 is 97.4 Å². The van der Waals surface area contributed by atoms with Crippen LogP contribution >= 0.6 is 0 Å². The van der Waals surface area contributed by atoms with Crippen LogP contribution < -0.4 is 16.0 Å². The van der Waals surface area contributed by atoms with Gasteiger partial charge in [-0.05, 0) is 106 Å². The Morgan fingerprint density at radius 2 is 1.27 bits per heavy atom. The molecule has 1 spiro atoms. The van der Waals surface area contributed by atoms with Gasteiger partial charge in [-0.1, -0.05) is 71.7 Å². The summed E-state index contributed by atoms with van der Waals surface area (Å²) in [5.41, 5.74) is -5.28. The predicted molar refractivity (Wildman–Crippen MR) is 367 cm³/mol. The van der Waals surface area contributed by atoms with E-state index < -0.39 is 222 Å². The van der Waals surface area contributed by atoms with Crippen LogP contribution in [0.15, 0.2) is 48.6 Å². The molecule has 12 amide bonds. The molecule has 6 rings (SSSR count). The Kier molecular flexibility index (Phi) is 29.2. The van der Waals surface area contributed by atoms with Crippen molar-refractivity contribution in [2.75, 3.05) is 89.2 Å². The molecular weight excluding hydrogens is 1390 g/mol. The minimum Gasteiger partial charge on any atom is -0.377 e. The molecule has 3 heterocycles. The molecule has 4 aliphatic rings. The molecule has 1 aliphatic carbocycles. The molecule has 582 valence electrons. The summed E-state index contributed by atoms with van der Waals surface area (Å²) in [4.78, 5) is 188. The van der Waals surface area contributed by atoms with Crippen LogP contribution in [0.1, 0.15) is 134 Å². The lowest BCUT2D eigenvalue weighted by Crippen LogP contribution is -2.68. The average Bonchev–Trinajstić information content (AvgIpc) is 1.68. The quantitative estimate of drug-likeness (QED) is 0.177. The molecule has 3 N–H and O–H groups in total. The van der Waals surface area contributed by atoms with Crippen molar-refractivity contribution in [2.45, 2.75) is 197 Å². The van der Waals surface area contributed by atoms with Crippen molar-refractivity contribution in [2.24, 2.45) is 11.8 Å². The van der Waals surface area contributed by atoms with Crippen molar-refractivity contribution in [1.82, 2.24) is 60.0 Å². The molecule has 25 nitrogen and oxygen atoms in total. The van der Waals surface area contributed by atoms with E-state index in [1.165, 1.54) is 49.3 Å². The zero-order valence-corrected chi connectivity index (χ0v) is 62.1. The molecule has 3 aliphatic heterocycles. The first-order valence-corrected chi connectivity index (χ1v) is 35.4. The van der Waals surface area contributed by atoms with Crippen molar-refractivity contribution >= 4 is 70.9 Å². The van der Waals surface area contributed by atoms with E-state index in [9.17, 15) is 55.1 Å². The fourth-order valence-electron chi connectivity index (χ4n) is 13.8. The van der Waals surface area contributed by atoms with Gasteiger partial charge in [0.15, 0.2) is 0 Å². The molecule has 0 unspecified atom stereocenters. The highest BCUT2D eigenvalue weighted by atomic mass is 19.4. The van der Waals surface area contributed by atoms with Gasteiger partial charge in [-0.3, -0.25) is 57.5 Å². The summed E-state index contributed by atoms with van der Waals surface area (Å²) in [6.07, 6.45) is -9.58. The minimum atomic E-state index is -5.46. The molecule has 33 heteroatoms. The maximum atomic E-state index is 15.4. The Balaban J connectivity index is 1.50. The fraction of sp³-hybridized carbons (Fsp3) is 0.639.